The Morgan fingerprint density at radius 1 is 1.00 bits per heavy atom. The van der Waals surface area contributed by atoms with Gasteiger partial charge < -0.3 is 10.3 Å². The number of nitrogens with one attached hydrogen (secondary N) is 2. The average molecular weight is 404 g/mol. The fourth-order valence-electron chi connectivity index (χ4n) is 4.35. The molecule has 1 aliphatic rings. The van der Waals surface area contributed by atoms with E-state index < -0.39 is 0 Å². The number of fused-ring (bicyclic) bond motifs is 3. The number of benzene rings is 3. The third kappa shape index (κ3) is 2.99. The molecular weight excluding hydrogens is 386 g/mol. The zero-order valence-corrected chi connectivity index (χ0v) is 16.2. The Morgan fingerprint density at radius 2 is 1.79 bits per heavy atom. The largest absolute Gasteiger partial charge is 0.357 e. The molecule has 0 saturated heterocycles. The molecule has 1 aliphatic heterocycles. The van der Waals surface area contributed by atoms with Gasteiger partial charge in [-0.3, -0.25) is 10.1 Å². The van der Waals surface area contributed by atoms with Gasteiger partial charge in [-0.05, 0) is 28.8 Å². The zero-order valence-electron chi connectivity index (χ0n) is 15.4. The Balaban J connectivity index is 1.70. The van der Waals surface area contributed by atoms with Gasteiger partial charge in [0.25, 0.3) is 5.69 Å². The highest BCUT2D eigenvalue weighted by Crippen LogP contribution is 2.43. The second kappa shape index (κ2) is 7.03. The Hall–Kier alpha value is -3.15. The molecule has 4 aromatic rings. The lowest BCUT2D eigenvalue weighted by Crippen LogP contribution is -2.34. The third-order valence-corrected chi connectivity index (χ3v) is 5.98. The molecule has 0 bridgehead atoms. The van der Waals surface area contributed by atoms with Crippen LogP contribution in [0.3, 0.4) is 0 Å². The Kier molecular flexibility index (Phi) is 4.34. The molecular formula is C23H18ClN3O2. The summed E-state index contributed by atoms with van der Waals surface area (Å²) in [7, 11) is 0. The Morgan fingerprint density at radius 3 is 2.62 bits per heavy atom. The van der Waals surface area contributed by atoms with Gasteiger partial charge >= 0.3 is 0 Å². The predicted molar refractivity (Wildman–Crippen MR) is 115 cm³/mol. The summed E-state index contributed by atoms with van der Waals surface area (Å²) in [5, 5.41) is 16.7. The van der Waals surface area contributed by atoms with Gasteiger partial charge in [0.05, 0.1) is 11.0 Å². The first-order valence-corrected chi connectivity index (χ1v) is 9.84. The molecule has 29 heavy (non-hydrogen) atoms. The molecule has 6 heteroatoms. The van der Waals surface area contributed by atoms with Crippen LogP contribution in [0.2, 0.25) is 5.02 Å². The molecule has 3 aromatic carbocycles. The highest BCUT2D eigenvalue weighted by atomic mass is 35.5. The Bertz CT molecular complexity index is 1230. The number of rotatable bonds is 3. The number of nitro groups is 1. The van der Waals surface area contributed by atoms with E-state index in [1.54, 1.807) is 12.1 Å². The van der Waals surface area contributed by atoms with Crippen LogP contribution in [-0.2, 0) is 0 Å². The standard InChI is InChI=1S/C23H18ClN3O2/c24-19-10-3-1-8-16(19)18-13-25-22(14-6-5-7-15(12-14)27(28)29)23-21(18)17-9-2-4-11-20(17)26-23/h1-12,18,22,25-26H,13H2/t18-,22+/m1/s1. The molecule has 0 unspecified atom stereocenters. The van der Waals surface area contributed by atoms with Crippen LogP contribution in [0.25, 0.3) is 10.9 Å². The number of hydrogen-bond donors (Lipinski definition) is 2. The van der Waals surface area contributed by atoms with Gasteiger partial charge in [-0.25, -0.2) is 0 Å². The first kappa shape index (κ1) is 17.9. The fraction of sp³-hybridized carbons (Fsp3) is 0.130. The lowest BCUT2D eigenvalue weighted by molar-refractivity contribution is -0.384. The lowest BCUT2D eigenvalue weighted by atomic mass is 9.83. The smallest absolute Gasteiger partial charge is 0.269 e. The van der Waals surface area contributed by atoms with Crippen molar-refractivity contribution in [3.05, 3.63) is 110 Å². The van der Waals surface area contributed by atoms with Crippen LogP contribution < -0.4 is 5.32 Å². The summed E-state index contributed by atoms with van der Waals surface area (Å²) in [5.41, 5.74) is 5.31. The third-order valence-electron chi connectivity index (χ3n) is 5.63. The van der Waals surface area contributed by atoms with Crippen molar-refractivity contribution < 1.29 is 4.92 Å². The summed E-state index contributed by atoms with van der Waals surface area (Å²) in [6, 6.07) is 22.8. The second-order valence-corrected chi connectivity index (χ2v) is 7.67. The van der Waals surface area contributed by atoms with E-state index in [0.29, 0.717) is 6.54 Å². The number of H-pyrrole nitrogens is 1. The van der Waals surface area contributed by atoms with E-state index >= 15 is 0 Å². The summed E-state index contributed by atoms with van der Waals surface area (Å²) in [6.07, 6.45) is 0. The quantitative estimate of drug-likeness (QED) is 0.348. The summed E-state index contributed by atoms with van der Waals surface area (Å²) in [6.45, 7) is 0.686. The van der Waals surface area contributed by atoms with Crippen LogP contribution in [-0.4, -0.2) is 16.5 Å². The highest BCUT2D eigenvalue weighted by molar-refractivity contribution is 6.31. The van der Waals surface area contributed by atoms with Crippen molar-refractivity contribution in [1.29, 1.82) is 0 Å². The van der Waals surface area contributed by atoms with Crippen molar-refractivity contribution in [2.24, 2.45) is 0 Å². The topological polar surface area (TPSA) is 71.0 Å². The highest BCUT2D eigenvalue weighted by Gasteiger charge is 2.33. The minimum Gasteiger partial charge on any atom is -0.357 e. The van der Waals surface area contributed by atoms with Crippen molar-refractivity contribution in [2.45, 2.75) is 12.0 Å². The molecule has 0 spiro atoms. The van der Waals surface area contributed by atoms with E-state index in [1.165, 1.54) is 11.6 Å². The molecule has 1 aromatic heterocycles. The monoisotopic (exact) mass is 403 g/mol. The molecule has 0 radical (unpaired) electrons. The summed E-state index contributed by atoms with van der Waals surface area (Å²) < 4.78 is 0. The van der Waals surface area contributed by atoms with Crippen molar-refractivity contribution in [3.8, 4) is 0 Å². The van der Waals surface area contributed by atoms with Crippen LogP contribution in [0.4, 0.5) is 5.69 Å². The number of halogens is 1. The van der Waals surface area contributed by atoms with Crippen molar-refractivity contribution in [3.63, 3.8) is 0 Å². The molecule has 2 heterocycles. The predicted octanol–water partition coefficient (Wildman–Crippen LogP) is 5.55. The van der Waals surface area contributed by atoms with E-state index in [0.717, 1.165) is 32.7 Å². The maximum absolute atomic E-state index is 11.3. The maximum Gasteiger partial charge on any atom is 0.269 e. The van der Waals surface area contributed by atoms with Gasteiger partial charge in [0.2, 0.25) is 0 Å². The SMILES string of the molecule is O=[N+]([O-])c1cccc([C@@H]2NC[C@H](c3ccccc3Cl)c3c2[nH]c2ccccc32)c1. The number of para-hydroxylation sites is 1. The minimum atomic E-state index is -0.356. The van der Waals surface area contributed by atoms with Crippen LogP contribution in [0.5, 0.6) is 0 Å². The number of non-ortho nitro benzene ring substituents is 1. The van der Waals surface area contributed by atoms with Gasteiger partial charge in [0.15, 0.2) is 0 Å². The summed E-state index contributed by atoms with van der Waals surface area (Å²) in [5.74, 6) is 0.0878. The second-order valence-electron chi connectivity index (χ2n) is 7.27. The first-order chi connectivity index (χ1) is 14.1. The normalized spacial score (nSPS) is 18.5. The molecule has 2 atom stereocenters. The van der Waals surface area contributed by atoms with Crippen LogP contribution in [0, 0.1) is 10.1 Å². The van der Waals surface area contributed by atoms with Crippen LogP contribution >= 0.6 is 11.6 Å². The molecule has 0 fully saturated rings. The molecule has 0 aliphatic carbocycles. The zero-order chi connectivity index (χ0) is 20.0. The van der Waals surface area contributed by atoms with Gasteiger partial charge in [-0.15, -0.1) is 0 Å². The molecule has 144 valence electrons. The molecule has 0 amide bonds. The van der Waals surface area contributed by atoms with Gasteiger partial charge in [-0.1, -0.05) is 60.1 Å². The fourth-order valence-corrected chi connectivity index (χ4v) is 4.62. The number of nitro benzene ring substituents is 1. The van der Waals surface area contributed by atoms with Crippen LogP contribution in [0.15, 0.2) is 72.8 Å². The molecule has 5 rings (SSSR count). The van der Waals surface area contributed by atoms with E-state index in [1.807, 2.05) is 36.4 Å². The van der Waals surface area contributed by atoms with Crippen LogP contribution in [0.1, 0.15) is 34.3 Å². The van der Waals surface area contributed by atoms with Gasteiger partial charge in [0, 0.05) is 46.2 Å². The molecule has 5 nitrogen and oxygen atoms in total. The average Bonchev–Trinajstić information content (AvgIpc) is 3.13. The number of aromatic amines is 1. The summed E-state index contributed by atoms with van der Waals surface area (Å²) >= 11 is 6.54. The van der Waals surface area contributed by atoms with Crippen molar-refractivity contribution >= 4 is 28.2 Å². The van der Waals surface area contributed by atoms with E-state index in [2.05, 4.69) is 28.5 Å². The van der Waals surface area contributed by atoms with E-state index in [9.17, 15) is 10.1 Å². The Labute approximate surface area is 172 Å². The van der Waals surface area contributed by atoms with E-state index in [-0.39, 0.29) is 22.6 Å². The van der Waals surface area contributed by atoms with E-state index in [4.69, 9.17) is 11.6 Å². The number of aromatic nitrogens is 1. The summed E-state index contributed by atoms with van der Waals surface area (Å²) in [4.78, 5) is 14.5. The number of nitrogens with zero attached hydrogens (tertiary/aromatic N) is 1. The number of hydrogen-bond acceptors (Lipinski definition) is 3. The van der Waals surface area contributed by atoms with Crippen molar-refractivity contribution in [2.75, 3.05) is 6.54 Å². The molecule has 2 N–H and O–H groups in total. The first-order valence-electron chi connectivity index (χ1n) is 9.46. The lowest BCUT2D eigenvalue weighted by Gasteiger charge is -2.31. The maximum atomic E-state index is 11.3. The van der Waals surface area contributed by atoms with Gasteiger partial charge in [-0.2, -0.15) is 0 Å². The van der Waals surface area contributed by atoms with Crippen molar-refractivity contribution in [1.82, 2.24) is 10.3 Å². The van der Waals surface area contributed by atoms with Gasteiger partial charge in [0.1, 0.15) is 0 Å². The molecule has 0 saturated carbocycles. The minimum absolute atomic E-state index is 0.0878.